The van der Waals surface area contributed by atoms with Crippen molar-refractivity contribution in [2.24, 2.45) is 0 Å². The van der Waals surface area contributed by atoms with E-state index in [2.05, 4.69) is 21.2 Å². The SMILES string of the molecule is O=C(O)C1CNCCN1C(=O)c1ccc(Br)c(O)c1. The highest BCUT2D eigenvalue weighted by Gasteiger charge is 2.32. The van der Waals surface area contributed by atoms with E-state index in [0.29, 0.717) is 17.6 Å². The maximum Gasteiger partial charge on any atom is 0.327 e. The van der Waals surface area contributed by atoms with E-state index in [-0.39, 0.29) is 17.9 Å². The van der Waals surface area contributed by atoms with E-state index in [4.69, 9.17) is 5.11 Å². The first-order valence-corrected chi connectivity index (χ1v) is 6.53. The molecule has 102 valence electrons. The number of benzene rings is 1. The van der Waals surface area contributed by atoms with Crippen molar-refractivity contribution in [3.8, 4) is 5.75 Å². The smallest absolute Gasteiger partial charge is 0.327 e. The molecular formula is C12H13BrN2O4. The third-order valence-electron chi connectivity index (χ3n) is 2.98. The van der Waals surface area contributed by atoms with Gasteiger partial charge in [0.2, 0.25) is 0 Å². The molecule has 1 aliphatic heterocycles. The number of carbonyl (C=O) groups excluding carboxylic acids is 1. The quantitative estimate of drug-likeness (QED) is 0.741. The molecule has 3 N–H and O–H groups in total. The van der Waals surface area contributed by atoms with E-state index in [1.807, 2.05) is 0 Å². The number of rotatable bonds is 2. The van der Waals surface area contributed by atoms with Crippen LogP contribution in [0.25, 0.3) is 0 Å². The van der Waals surface area contributed by atoms with Gasteiger partial charge in [0.05, 0.1) is 4.47 Å². The van der Waals surface area contributed by atoms with E-state index in [9.17, 15) is 14.7 Å². The Bertz CT molecular complexity index is 520. The number of halogens is 1. The van der Waals surface area contributed by atoms with Gasteiger partial charge in [-0.1, -0.05) is 0 Å². The van der Waals surface area contributed by atoms with Crippen LogP contribution in [0.1, 0.15) is 10.4 Å². The van der Waals surface area contributed by atoms with Gasteiger partial charge >= 0.3 is 5.97 Å². The first-order valence-electron chi connectivity index (χ1n) is 5.73. The molecule has 19 heavy (non-hydrogen) atoms. The van der Waals surface area contributed by atoms with Crippen LogP contribution >= 0.6 is 15.9 Å². The molecule has 0 aromatic heterocycles. The fraction of sp³-hybridized carbons (Fsp3) is 0.333. The molecule has 1 heterocycles. The lowest BCUT2D eigenvalue weighted by atomic mass is 10.1. The Balaban J connectivity index is 2.26. The minimum absolute atomic E-state index is 0.0483. The number of aliphatic carboxylic acids is 1. The van der Waals surface area contributed by atoms with Gasteiger partial charge in [0, 0.05) is 25.2 Å². The number of carboxylic acid groups (broad SMARTS) is 1. The van der Waals surface area contributed by atoms with E-state index in [1.165, 1.54) is 11.0 Å². The number of carboxylic acids is 1. The minimum Gasteiger partial charge on any atom is -0.507 e. The average Bonchev–Trinajstić information content (AvgIpc) is 2.41. The average molecular weight is 329 g/mol. The standard InChI is InChI=1S/C12H13BrN2O4/c13-8-2-1-7(5-10(8)16)11(17)15-4-3-14-6-9(15)12(18)19/h1-2,5,9,14,16H,3-4,6H2,(H,18,19). The number of aromatic hydroxyl groups is 1. The number of nitrogens with zero attached hydrogens (tertiary/aromatic N) is 1. The molecule has 1 aromatic carbocycles. The Hall–Kier alpha value is -1.60. The lowest BCUT2D eigenvalue weighted by Crippen LogP contribution is -2.56. The van der Waals surface area contributed by atoms with Crippen molar-refractivity contribution in [2.75, 3.05) is 19.6 Å². The Morgan fingerprint density at radius 2 is 2.16 bits per heavy atom. The van der Waals surface area contributed by atoms with Gasteiger partial charge in [0.15, 0.2) is 0 Å². The molecule has 7 heteroatoms. The molecule has 0 radical (unpaired) electrons. The Morgan fingerprint density at radius 3 is 2.79 bits per heavy atom. The monoisotopic (exact) mass is 328 g/mol. The lowest BCUT2D eigenvalue weighted by molar-refractivity contribution is -0.142. The number of hydrogen-bond acceptors (Lipinski definition) is 4. The largest absolute Gasteiger partial charge is 0.507 e. The number of piperazine rings is 1. The van der Waals surface area contributed by atoms with Gasteiger partial charge in [-0.3, -0.25) is 4.79 Å². The minimum atomic E-state index is -1.04. The van der Waals surface area contributed by atoms with Gasteiger partial charge < -0.3 is 20.4 Å². The summed E-state index contributed by atoms with van der Waals surface area (Å²) in [5, 5.41) is 21.6. The zero-order valence-corrected chi connectivity index (χ0v) is 11.6. The van der Waals surface area contributed by atoms with E-state index in [0.717, 1.165) is 0 Å². The predicted molar refractivity (Wildman–Crippen MR) is 71.1 cm³/mol. The molecule has 1 aromatic rings. The Labute approximate surface area is 118 Å². The second kappa shape index (κ2) is 5.58. The summed E-state index contributed by atoms with van der Waals surface area (Å²) in [5.41, 5.74) is 0.272. The van der Waals surface area contributed by atoms with Crippen LogP contribution in [0.5, 0.6) is 5.75 Å². The molecular weight excluding hydrogens is 316 g/mol. The molecule has 0 bridgehead atoms. The van der Waals surface area contributed by atoms with Crippen LogP contribution in [0.15, 0.2) is 22.7 Å². The van der Waals surface area contributed by atoms with Crippen molar-refractivity contribution in [1.29, 1.82) is 0 Å². The molecule has 1 fully saturated rings. The summed E-state index contributed by atoms with van der Waals surface area (Å²) in [6.07, 6.45) is 0. The lowest BCUT2D eigenvalue weighted by Gasteiger charge is -2.33. The number of carbonyl (C=O) groups is 2. The summed E-state index contributed by atoms with van der Waals surface area (Å²) >= 11 is 3.13. The van der Waals surface area contributed by atoms with Crippen LogP contribution in [0, 0.1) is 0 Å². The number of nitrogens with one attached hydrogen (secondary N) is 1. The summed E-state index contributed by atoms with van der Waals surface area (Å²) in [4.78, 5) is 24.7. The summed E-state index contributed by atoms with van der Waals surface area (Å²) in [5.74, 6) is -1.48. The molecule has 1 amide bonds. The van der Waals surface area contributed by atoms with Crippen LogP contribution in [-0.4, -0.2) is 52.7 Å². The van der Waals surface area contributed by atoms with Gasteiger partial charge in [-0.15, -0.1) is 0 Å². The van der Waals surface area contributed by atoms with E-state index >= 15 is 0 Å². The first-order chi connectivity index (χ1) is 9.00. The fourth-order valence-corrected chi connectivity index (χ4v) is 2.23. The van der Waals surface area contributed by atoms with Crippen LogP contribution in [-0.2, 0) is 4.79 Å². The maximum atomic E-state index is 12.3. The van der Waals surface area contributed by atoms with Crippen molar-refractivity contribution in [3.63, 3.8) is 0 Å². The molecule has 2 rings (SSSR count). The zero-order valence-electron chi connectivity index (χ0n) is 9.97. The topological polar surface area (TPSA) is 89.9 Å². The molecule has 1 unspecified atom stereocenters. The van der Waals surface area contributed by atoms with Crippen molar-refractivity contribution >= 4 is 27.8 Å². The van der Waals surface area contributed by atoms with Crippen molar-refractivity contribution in [2.45, 2.75) is 6.04 Å². The molecule has 0 saturated carbocycles. The zero-order chi connectivity index (χ0) is 14.0. The number of phenols is 1. The van der Waals surface area contributed by atoms with E-state index < -0.39 is 17.9 Å². The molecule has 0 spiro atoms. The molecule has 0 aliphatic carbocycles. The van der Waals surface area contributed by atoms with Gasteiger partial charge in [-0.25, -0.2) is 4.79 Å². The highest BCUT2D eigenvalue weighted by Crippen LogP contribution is 2.25. The summed E-state index contributed by atoms with van der Waals surface area (Å²) in [7, 11) is 0. The third kappa shape index (κ3) is 2.87. The summed E-state index contributed by atoms with van der Waals surface area (Å²) in [6, 6.07) is 3.55. The van der Waals surface area contributed by atoms with E-state index in [1.54, 1.807) is 12.1 Å². The van der Waals surface area contributed by atoms with Gasteiger partial charge in [-0.05, 0) is 34.1 Å². The number of phenolic OH excluding ortho intramolecular Hbond substituents is 1. The number of amides is 1. The highest BCUT2D eigenvalue weighted by molar-refractivity contribution is 9.10. The van der Waals surface area contributed by atoms with Gasteiger partial charge in [0.25, 0.3) is 5.91 Å². The fourth-order valence-electron chi connectivity index (χ4n) is 1.98. The van der Waals surface area contributed by atoms with Crippen molar-refractivity contribution in [1.82, 2.24) is 10.2 Å². The molecule has 1 aliphatic rings. The van der Waals surface area contributed by atoms with Crippen LogP contribution in [0.2, 0.25) is 0 Å². The van der Waals surface area contributed by atoms with Crippen LogP contribution < -0.4 is 5.32 Å². The Morgan fingerprint density at radius 1 is 1.42 bits per heavy atom. The molecule has 1 saturated heterocycles. The number of hydrogen-bond donors (Lipinski definition) is 3. The molecule has 1 atom stereocenters. The second-order valence-electron chi connectivity index (χ2n) is 4.22. The summed E-state index contributed by atoms with van der Waals surface area (Å²) in [6.45, 7) is 1.11. The van der Waals surface area contributed by atoms with Crippen molar-refractivity contribution in [3.05, 3.63) is 28.2 Å². The predicted octanol–water partition coefficient (Wildman–Crippen LogP) is 0.653. The normalized spacial score (nSPS) is 19.2. The van der Waals surface area contributed by atoms with Crippen molar-refractivity contribution < 1.29 is 19.8 Å². The van der Waals surface area contributed by atoms with Gasteiger partial charge in [0.1, 0.15) is 11.8 Å². The molecule has 6 nitrogen and oxygen atoms in total. The second-order valence-corrected chi connectivity index (χ2v) is 5.08. The highest BCUT2D eigenvalue weighted by atomic mass is 79.9. The summed E-state index contributed by atoms with van der Waals surface area (Å²) < 4.78 is 0.485. The van der Waals surface area contributed by atoms with Crippen LogP contribution in [0.4, 0.5) is 0 Å². The first kappa shape index (κ1) is 13.8. The van der Waals surface area contributed by atoms with Crippen LogP contribution in [0.3, 0.4) is 0 Å². The Kier molecular flexibility index (Phi) is 4.06. The third-order valence-corrected chi connectivity index (χ3v) is 3.65. The maximum absolute atomic E-state index is 12.3. The van der Waals surface area contributed by atoms with Gasteiger partial charge in [-0.2, -0.15) is 0 Å².